The van der Waals surface area contributed by atoms with Crippen molar-refractivity contribution in [2.24, 2.45) is 0 Å². The van der Waals surface area contributed by atoms with E-state index in [1.807, 2.05) is 24.0 Å². The van der Waals surface area contributed by atoms with E-state index in [-0.39, 0.29) is 11.9 Å². The highest BCUT2D eigenvalue weighted by molar-refractivity contribution is 6.29. The molecule has 0 aromatic carbocycles. The molecule has 18 heavy (non-hydrogen) atoms. The molecule has 1 unspecified atom stereocenters. The standard InChI is InChI=1S/C14H19ClN2O/c1-2-12(17-9-3-4-13(17)18)14(16)10-5-7-11(15)8-6-10/h5,7,12,16H,2-4,6,8-9H2,1H3. The fourth-order valence-corrected chi connectivity index (χ4v) is 2.79. The molecule has 0 bridgehead atoms. The molecular formula is C14H19ClN2O. The summed E-state index contributed by atoms with van der Waals surface area (Å²) in [6, 6.07) is -0.0588. The van der Waals surface area contributed by atoms with Crippen LogP contribution in [0.4, 0.5) is 0 Å². The Kier molecular flexibility index (Phi) is 4.23. The van der Waals surface area contributed by atoms with Crippen LogP contribution in [0.2, 0.25) is 0 Å². The van der Waals surface area contributed by atoms with Crippen LogP contribution in [0.3, 0.4) is 0 Å². The number of hydrogen-bond acceptors (Lipinski definition) is 2. The summed E-state index contributed by atoms with van der Waals surface area (Å²) in [5, 5.41) is 9.17. The first-order chi connectivity index (χ1) is 8.63. The molecule has 1 heterocycles. The van der Waals surface area contributed by atoms with Crippen LogP contribution in [-0.4, -0.2) is 29.1 Å². The molecule has 3 nitrogen and oxygen atoms in total. The predicted octanol–water partition coefficient (Wildman–Crippen LogP) is 3.25. The zero-order valence-electron chi connectivity index (χ0n) is 10.7. The maximum Gasteiger partial charge on any atom is 0.223 e. The van der Waals surface area contributed by atoms with Crippen molar-refractivity contribution in [2.45, 2.75) is 45.1 Å². The Morgan fingerprint density at radius 1 is 1.44 bits per heavy atom. The van der Waals surface area contributed by atoms with E-state index in [0.717, 1.165) is 42.8 Å². The highest BCUT2D eigenvalue weighted by atomic mass is 35.5. The summed E-state index contributed by atoms with van der Waals surface area (Å²) < 4.78 is 0. The van der Waals surface area contributed by atoms with Crippen LogP contribution >= 0.6 is 11.6 Å². The summed E-state index contributed by atoms with van der Waals surface area (Å²) in [6.07, 6.45) is 7.78. The number of amides is 1. The summed E-state index contributed by atoms with van der Waals surface area (Å²) in [5.74, 6) is 0.191. The van der Waals surface area contributed by atoms with E-state index in [4.69, 9.17) is 17.0 Å². The molecule has 1 aliphatic heterocycles. The molecule has 0 radical (unpaired) electrons. The van der Waals surface area contributed by atoms with Gasteiger partial charge in [-0.2, -0.15) is 0 Å². The minimum absolute atomic E-state index is 0.0588. The lowest BCUT2D eigenvalue weighted by Crippen LogP contribution is -2.42. The van der Waals surface area contributed by atoms with Gasteiger partial charge in [-0.1, -0.05) is 24.6 Å². The van der Waals surface area contributed by atoms with Crippen LogP contribution in [0.5, 0.6) is 0 Å². The third-order valence-corrected chi connectivity index (χ3v) is 3.97. The smallest absolute Gasteiger partial charge is 0.223 e. The van der Waals surface area contributed by atoms with Crippen LogP contribution < -0.4 is 0 Å². The molecule has 0 aromatic heterocycles. The zero-order valence-corrected chi connectivity index (χ0v) is 11.5. The first-order valence-corrected chi connectivity index (χ1v) is 6.94. The zero-order chi connectivity index (χ0) is 13.1. The van der Waals surface area contributed by atoms with E-state index in [1.54, 1.807) is 0 Å². The van der Waals surface area contributed by atoms with Crippen molar-refractivity contribution in [3.63, 3.8) is 0 Å². The number of nitrogens with zero attached hydrogens (tertiary/aromatic N) is 1. The highest BCUT2D eigenvalue weighted by Gasteiger charge is 2.30. The third kappa shape index (κ3) is 2.66. The van der Waals surface area contributed by atoms with Crippen molar-refractivity contribution >= 4 is 23.2 Å². The monoisotopic (exact) mass is 266 g/mol. The molecule has 1 N–H and O–H groups in total. The van der Waals surface area contributed by atoms with Gasteiger partial charge in [-0.05, 0) is 37.3 Å². The summed E-state index contributed by atoms with van der Waals surface area (Å²) >= 11 is 5.93. The van der Waals surface area contributed by atoms with Crippen molar-refractivity contribution in [3.05, 3.63) is 22.8 Å². The van der Waals surface area contributed by atoms with Gasteiger partial charge in [0.1, 0.15) is 0 Å². The van der Waals surface area contributed by atoms with Crippen molar-refractivity contribution in [1.82, 2.24) is 4.90 Å². The minimum Gasteiger partial charge on any atom is -0.334 e. The Labute approximate surface area is 113 Å². The van der Waals surface area contributed by atoms with Gasteiger partial charge in [-0.25, -0.2) is 0 Å². The lowest BCUT2D eigenvalue weighted by atomic mass is 9.93. The molecule has 0 aromatic rings. The molecule has 0 spiro atoms. The molecule has 1 aliphatic carbocycles. The Morgan fingerprint density at radius 3 is 2.72 bits per heavy atom. The lowest BCUT2D eigenvalue weighted by molar-refractivity contribution is -0.128. The molecule has 1 atom stereocenters. The van der Waals surface area contributed by atoms with E-state index in [2.05, 4.69) is 0 Å². The third-order valence-electron chi connectivity index (χ3n) is 3.65. The topological polar surface area (TPSA) is 44.2 Å². The van der Waals surface area contributed by atoms with Gasteiger partial charge in [0.05, 0.1) is 11.8 Å². The summed E-state index contributed by atoms with van der Waals surface area (Å²) in [5.41, 5.74) is 1.61. The SMILES string of the molecule is CCC(C(=N)C1=CC=C(Cl)CC1)N1CCCC1=O. The maximum atomic E-state index is 11.8. The van der Waals surface area contributed by atoms with Crippen LogP contribution in [0, 0.1) is 5.41 Å². The summed E-state index contributed by atoms with van der Waals surface area (Å²) in [4.78, 5) is 13.7. The number of allylic oxidation sites excluding steroid dienone is 3. The van der Waals surface area contributed by atoms with E-state index in [0.29, 0.717) is 12.1 Å². The number of likely N-dealkylation sites (tertiary alicyclic amines) is 1. The average molecular weight is 267 g/mol. The van der Waals surface area contributed by atoms with Gasteiger partial charge in [0.2, 0.25) is 5.91 Å². The van der Waals surface area contributed by atoms with E-state index >= 15 is 0 Å². The number of carbonyl (C=O) groups is 1. The number of nitrogens with one attached hydrogen (secondary N) is 1. The van der Waals surface area contributed by atoms with Gasteiger partial charge in [-0.3, -0.25) is 4.79 Å². The number of carbonyl (C=O) groups excluding carboxylic acids is 1. The maximum absolute atomic E-state index is 11.8. The van der Waals surface area contributed by atoms with Crippen LogP contribution in [-0.2, 0) is 4.79 Å². The fourth-order valence-electron chi connectivity index (χ4n) is 2.63. The minimum atomic E-state index is -0.0588. The molecule has 2 rings (SSSR count). The predicted molar refractivity (Wildman–Crippen MR) is 74.0 cm³/mol. The average Bonchev–Trinajstić information content (AvgIpc) is 2.78. The molecule has 0 saturated carbocycles. The van der Waals surface area contributed by atoms with Crippen LogP contribution in [0.25, 0.3) is 0 Å². The van der Waals surface area contributed by atoms with Gasteiger partial charge < -0.3 is 10.3 Å². The van der Waals surface area contributed by atoms with Crippen LogP contribution in [0.1, 0.15) is 39.0 Å². The molecular weight excluding hydrogens is 248 g/mol. The normalized spacial score (nSPS) is 21.7. The van der Waals surface area contributed by atoms with Gasteiger partial charge in [0.25, 0.3) is 0 Å². The molecule has 1 amide bonds. The Balaban J connectivity index is 2.13. The summed E-state index contributed by atoms with van der Waals surface area (Å²) in [7, 11) is 0. The quantitative estimate of drug-likeness (QED) is 0.780. The van der Waals surface area contributed by atoms with E-state index in [9.17, 15) is 4.79 Å². The van der Waals surface area contributed by atoms with E-state index in [1.165, 1.54) is 0 Å². The molecule has 1 saturated heterocycles. The van der Waals surface area contributed by atoms with Crippen molar-refractivity contribution in [3.8, 4) is 0 Å². The summed E-state index contributed by atoms with van der Waals surface area (Å²) in [6.45, 7) is 2.83. The lowest BCUT2D eigenvalue weighted by Gasteiger charge is -2.29. The Bertz CT molecular complexity index is 426. The van der Waals surface area contributed by atoms with Gasteiger partial charge >= 0.3 is 0 Å². The first-order valence-electron chi connectivity index (χ1n) is 6.57. The molecule has 4 heteroatoms. The molecule has 2 aliphatic rings. The van der Waals surface area contributed by atoms with Gasteiger partial charge in [-0.15, -0.1) is 0 Å². The van der Waals surface area contributed by atoms with Gasteiger partial charge in [0, 0.05) is 18.0 Å². The molecule has 98 valence electrons. The van der Waals surface area contributed by atoms with Crippen molar-refractivity contribution in [2.75, 3.05) is 6.54 Å². The Hall–Kier alpha value is -1.09. The van der Waals surface area contributed by atoms with Gasteiger partial charge in [0.15, 0.2) is 0 Å². The van der Waals surface area contributed by atoms with Crippen LogP contribution in [0.15, 0.2) is 22.8 Å². The van der Waals surface area contributed by atoms with Crippen molar-refractivity contribution < 1.29 is 4.79 Å². The van der Waals surface area contributed by atoms with E-state index < -0.39 is 0 Å². The number of hydrogen-bond donors (Lipinski definition) is 1. The Morgan fingerprint density at radius 2 is 2.22 bits per heavy atom. The first kappa shape index (κ1) is 13.3. The fraction of sp³-hybridized carbons (Fsp3) is 0.571. The van der Waals surface area contributed by atoms with Crippen molar-refractivity contribution in [1.29, 1.82) is 5.41 Å². The number of halogens is 1. The highest BCUT2D eigenvalue weighted by Crippen LogP contribution is 2.25. The second-order valence-corrected chi connectivity index (χ2v) is 5.32. The number of rotatable bonds is 4. The molecule has 1 fully saturated rings. The second-order valence-electron chi connectivity index (χ2n) is 4.83. The second kappa shape index (κ2) is 5.70. The largest absolute Gasteiger partial charge is 0.334 e.